The molecule has 2 rings (SSSR count). The molecule has 24 heavy (non-hydrogen) atoms. The Bertz CT molecular complexity index is 519. The first-order valence-electron chi connectivity index (χ1n) is 8.79. The second-order valence-corrected chi connectivity index (χ2v) is 6.24. The summed E-state index contributed by atoms with van der Waals surface area (Å²) in [6, 6.07) is 5.80. The standard InChI is InChI=1S/C18H28N2O3S/c1-3-9-22-16-8-7-14(12-17(16)23-10-4-2)20-18(24)19-13-15-6-5-11-21-15/h7-8,12,15H,3-6,9-11,13H2,1-2H3,(H2,19,20,24)/t15-/m1/s1. The van der Waals surface area contributed by atoms with Gasteiger partial charge in [0, 0.05) is 24.9 Å². The molecule has 0 amide bonds. The summed E-state index contributed by atoms with van der Waals surface area (Å²) >= 11 is 5.35. The Hall–Kier alpha value is -1.53. The fourth-order valence-electron chi connectivity index (χ4n) is 2.43. The molecule has 0 aliphatic carbocycles. The van der Waals surface area contributed by atoms with Crippen LogP contribution in [0.2, 0.25) is 0 Å². The van der Waals surface area contributed by atoms with Crippen LogP contribution in [0.15, 0.2) is 18.2 Å². The van der Waals surface area contributed by atoms with Gasteiger partial charge in [-0.05, 0) is 50.0 Å². The lowest BCUT2D eigenvalue weighted by atomic mass is 10.2. The summed E-state index contributed by atoms with van der Waals surface area (Å²) < 4.78 is 17.1. The normalized spacial score (nSPS) is 16.7. The lowest BCUT2D eigenvalue weighted by Gasteiger charge is -2.16. The quantitative estimate of drug-likeness (QED) is 0.661. The van der Waals surface area contributed by atoms with E-state index in [2.05, 4.69) is 24.5 Å². The topological polar surface area (TPSA) is 51.8 Å². The zero-order chi connectivity index (χ0) is 17.2. The van der Waals surface area contributed by atoms with E-state index in [0.717, 1.165) is 56.0 Å². The van der Waals surface area contributed by atoms with Crippen LogP contribution in [0.5, 0.6) is 11.5 Å². The van der Waals surface area contributed by atoms with Crippen LogP contribution < -0.4 is 20.1 Å². The van der Waals surface area contributed by atoms with Crippen molar-refractivity contribution in [3.8, 4) is 11.5 Å². The third-order valence-electron chi connectivity index (χ3n) is 3.64. The molecule has 1 aromatic carbocycles. The fraction of sp³-hybridized carbons (Fsp3) is 0.611. The number of benzene rings is 1. The third kappa shape index (κ3) is 6.17. The van der Waals surface area contributed by atoms with Gasteiger partial charge in [0.1, 0.15) is 0 Å². The summed E-state index contributed by atoms with van der Waals surface area (Å²) in [5.74, 6) is 1.52. The maximum Gasteiger partial charge on any atom is 0.170 e. The van der Waals surface area contributed by atoms with Crippen LogP contribution in [0.3, 0.4) is 0 Å². The summed E-state index contributed by atoms with van der Waals surface area (Å²) in [5, 5.41) is 6.99. The van der Waals surface area contributed by atoms with Crippen molar-refractivity contribution in [1.29, 1.82) is 0 Å². The van der Waals surface area contributed by atoms with Gasteiger partial charge < -0.3 is 24.8 Å². The SMILES string of the molecule is CCCOc1ccc(NC(=S)NC[C@H]2CCCO2)cc1OCCC. The maximum absolute atomic E-state index is 5.80. The Morgan fingerprint density at radius 2 is 1.96 bits per heavy atom. The van der Waals surface area contributed by atoms with Crippen LogP contribution in [-0.2, 0) is 4.74 Å². The van der Waals surface area contributed by atoms with Crippen molar-refractivity contribution in [3.05, 3.63) is 18.2 Å². The van der Waals surface area contributed by atoms with Gasteiger partial charge in [0.2, 0.25) is 0 Å². The maximum atomic E-state index is 5.80. The van der Waals surface area contributed by atoms with Crippen LogP contribution in [0.4, 0.5) is 5.69 Å². The molecule has 1 saturated heterocycles. The molecule has 0 radical (unpaired) electrons. The van der Waals surface area contributed by atoms with Crippen LogP contribution in [-0.4, -0.2) is 37.6 Å². The van der Waals surface area contributed by atoms with E-state index in [1.54, 1.807) is 0 Å². The van der Waals surface area contributed by atoms with E-state index in [1.165, 1.54) is 0 Å². The zero-order valence-corrected chi connectivity index (χ0v) is 15.4. The van der Waals surface area contributed by atoms with Crippen molar-refractivity contribution in [2.24, 2.45) is 0 Å². The predicted molar refractivity (Wildman–Crippen MR) is 101 cm³/mol. The Balaban J connectivity index is 1.91. The smallest absolute Gasteiger partial charge is 0.170 e. The Labute approximate surface area is 150 Å². The molecule has 134 valence electrons. The van der Waals surface area contributed by atoms with Gasteiger partial charge in [-0.25, -0.2) is 0 Å². The molecular formula is C18H28N2O3S. The van der Waals surface area contributed by atoms with Gasteiger partial charge in [-0.1, -0.05) is 13.8 Å². The van der Waals surface area contributed by atoms with E-state index >= 15 is 0 Å². The lowest BCUT2D eigenvalue weighted by molar-refractivity contribution is 0.114. The highest BCUT2D eigenvalue weighted by atomic mass is 32.1. The Kier molecular flexibility index (Phi) is 8.12. The summed E-state index contributed by atoms with van der Waals surface area (Å²) in [4.78, 5) is 0. The number of thiocarbonyl (C=S) groups is 1. The first kappa shape index (κ1) is 18.8. The summed E-state index contributed by atoms with van der Waals surface area (Å²) in [7, 11) is 0. The van der Waals surface area contributed by atoms with Gasteiger partial charge >= 0.3 is 0 Å². The van der Waals surface area contributed by atoms with E-state index in [1.807, 2.05) is 18.2 Å². The van der Waals surface area contributed by atoms with Crippen LogP contribution >= 0.6 is 12.2 Å². The van der Waals surface area contributed by atoms with Gasteiger partial charge in [-0.15, -0.1) is 0 Å². The van der Waals surface area contributed by atoms with Gasteiger partial charge in [-0.2, -0.15) is 0 Å². The van der Waals surface area contributed by atoms with Gasteiger partial charge in [0.15, 0.2) is 16.6 Å². The summed E-state index contributed by atoms with van der Waals surface area (Å²) in [6.07, 6.45) is 4.40. The molecule has 0 unspecified atom stereocenters. The van der Waals surface area contributed by atoms with E-state index in [4.69, 9.17) is 26.4 Å². The predicted octanol–water partition coefficient (Wildman–Crippen LogP) is 3.73. The van der Waals surface area contributed by atoms with E-state index in [9.17, 15) is 0 Å². The van der Waals surface area contributed by atoms with Crippen molar-refractivity contribution in [3.63, 3.8) is 0 Å². The van der Waals surface area contributed by atoms with Crippen molar-refractivity contribution >= 4 is 23.0 Å². The van der Waals surface area contributed by atoms with Crippen LogP contribution in [0.25, 0.3) is 0 Å². The minimum atomic E-state index is 0.262. The largest absolute Gasteiger partial charge is 0.490 e. The molecule has 0 spiro atoms. The molecule has 1 fully saturated rings. The van der Waals surface area contributed by atoms with Gasteiger partial charge in [0.25, 0.3) is 0 Å². The summed E-state index contributed by atoms with van der Waals surface area (Å²) in [6.45, 7) is 7.09. The van der Waals surface area contributed by atoms with Gasteiger partial charge in [-0.3, -0.25) is 0 Å². The number of hydrogen-bond donors (Lipinski definition) is 2. The molecule has 0 bridgehead atoms. The third-order valence-corrected chi connectivity index (χ3v) is 3.89. The van der Waals surface area contributed by atoms with Gasteiger partial charge in [0.05, 0.1) is 19.3 Å². The molecule has 5 nitrogen and oxygen atoms in total. The zero-order valence-electron chi connectivity index (χ0n) is 14.6. The molecule has 1 aliphatic heterocycles. The van der Waals surface area contributed by atoms with Crippen molar-refractivity contribution in [2.75, 3.05) is 31.7 Å². The van der Waals surface area contributed by atoms with Crippen molar-refractivity contribution in [2.45, 2.75) is 45.6 Å². The molecule has 1 heterocycles. The highest BCUT2D eigenvalue weighted by Gasteiger charge is 2.15. The average molecular weight is 353 g/mol. The molecule has 0 aromatic heterocycles. The van der Waals surface area contributed by atoms with Crippen LogP contribution in [0.1, 0.15) is 39.5 Å². The number of ether oxygens (including phenoxy) is 3. The number of nitrogens with one attached hydrogen (secondary N) is 2. The monoisotopic (exact) mass is 352 g/mol. The second-order valence-electron chi connectivity index (χ2n) is 5.83. The first-order chi connectivity index (χ1) is 11.7. The molecule has 6 heteroatoms. The van der Waals surface area contributed by atoms with E-state index < -0.39 is 0 Å². The molecule has 0 saturated carbocycles. The highest BCUT2D eigenvalue weighted by molar-refractivity contribution is 7.80. The Morgan fingerprint density at radius 1 is 1.21 bits per heavy atom. The van der Waals surface area contributed by atoms with Crippen molar-refractivity contribution < 1.29 is 14.2 Å². The molecule has 1 aliphatic rings. The van der Waals surface area contributed by atoms with Crippen molar-refractivity contribution in [1.82, 2.24) is 5.32 Å². The second kappa shape index (κ2) is 10.4. The highest BCUT2D eigenvalue weighted by Crippen LogP contribution is 2.31. The van der Waals surface area contributed by atoms with Crippen LogP contribution in [0, 0.1) is 0 Å². The molecule has 2 N–H and O–H groups in total. The minimum absolute atomic E-state index is 0.262. The number of hydrogen-bond acceptors (Lipinski definition) is 4. The average Bonchev–Trinajstić information content (AvgIpc) is 3.11. The van der Waals surface area contributed by atoms with E-state index in [0.29, 0.717) is 18.3 Å². The Morgan fingerprint density at radius 3 is 2.62 bits per heavy atom. The molecular weight excluding hydrogens is 324 g/mol. The first-order valence-corrected chi connectivity index (χ1v) is 9.19. The fourth-order valence-corrected chi connectivity index (χ4v) is 2.63. The number of anilines is 1. The minimum Gasteiger partial charge on any atom is -0.490 e. The summed E-state index contributed by atoms with van der Waals surface area (Å²) in [5.41, 5.74) is 0.884. The lowest BCUT2D eigenvalue weighted by Crippen LogP contribution is -2.34. The number of rotatable bonds is 9. The molecule has 1 atom stereocenters. The molecule has 1 aromatic rings. The van der Waals surface area contributed by atoms with E-state index in [-0.39, 0.29) is 6.10 Å².